The highest BCUT2D eigenvalue weighted by molar-refractivity contribution is 6.90. The van der Waals surface area contributed by atoms with Crippen molar-refractivity contribution in [3.05, 3.63) is 0 Å². The lowest BCUT2D eigenvalue weighted by Gasteiger charge is -2.44. The predicted octanol–water partition coefficient (Wildman–Crippen LogP) is 8.47. The average molecular weight is 1610 g/mol. The average Bonchev–Trinajstić information content (AvgIpc) is 0.816. The molecule has 3 atom stereocenters. The summed E-state index contributed by atoms with van der Waals surface area (Å²) in [6.07, 6.45) is 4.31. The van der Waals surface area contributed by atoms with Crippen molar-refractivity contribution >= 4 is 140 Å². The maximum atomic E-state index is 7.28. The third kappa shape index (κ3) is 30.7. The lowest BCUT2D eigenvalue weighted by Crippen LogP contribution is -2.63. The summed E-state index contributed by atoms with van der Waals surface area (Å²) < 4.78 is 186. The van der Waals surface area contributed by atoms with Crippen LogP contribution in [0.3, 0.4) is 0 Å². The van der Waals surface area contributed by atoms with E-state index < -0.39 is 140 Å². The Balaban J connectivity index is 8.29. The van der Waals surface area contributed by atoms with E-state index in [4.69, 9.17) is 129 Å². The van der Waals surface area contributed by atoms with E-state index in [2.05, 4.69) is 39.7 Å². The van der Waals surface area contributed by atoms with Crippen LogP contribution in [0.15, 0.2) is 0 Å². The maximum absolute atomic E-state index is 7.28. The van der Waals surface area contributed by atoms with Gasteiger partial charge in [-0.1, -0.05) is 57.7 Å². The van der Waals surface area contributed by atoms with Crippen LogP contribution in [0, 0.1) is 0 Å². The Labute approximate surface area is 572 Å². The second-order valence-electron chi connectivity index (χ2n) is 24.7. The summed E-state index contributed by atoms with van der Waals surface area (Å²) in [4.78, 5) is 0. The standard InChI is InChI=1S/C46H126O30Si16/c1-35-46(39-36-42-84(32,66-77(20)45-65-87(47-2,48-3)49-4)67-78(21,22)72-88(50-5,51-6)52-7)83(31,40-37-43-85(33,68-79(23,24)73-89(53-8,54-9)55-10)69-80(25,26)74-90(56-11,57-12)58-13)41-38-44-86(34,70-81(27,28)75-91(59-14,60-15)61-16)71-82(29,30)76-92(62-17,63-18)64-19/h46,77H,35-45H2,1-34H3. The van der Waals surface area contributed by atoms with Crippen molar-refractivity contribution in [3.8, 4) is 0 Å². The van der Waals surface area contributed by atoms with Crippen LogP contribution in [0.5, 0.6) is 0 Å². The van der Waals surface area contributed by atoms with Crippen molar-refractivity contribution < 1.29 is 129 Å². The molecule has 0 aliphatic carbocycles. The molecule has 0 aromatic carbocycles. The van der Waals surface area contributed by atoms with Gasteiger partial charge in [-0.15, -0.1) is 0 Å². The molecule has 0 bridgehead atoms. The zero-order valence-corrected chi connectivity index (χ0v) is 78.8. The van der Waals surface area contributed by atoms with Gasteiger partial charge in [-0.3, -0.25) is 0 Å². The SMILES string of the molecule is CCC(CCC[Si](C)(O[SiH](C)CO[Si](OC)(OC)OC)O[Si](C)(C)O[Si](OC)(OC)OC)[Si](C)(CCC[Si](C)(O[Si](C)(C)O[Si](OC)(OC)OC)O[Si](C)(C)O[Si](OC)(OC)OC)CCC[Si](C)(O[Si](C)(C)O[Si](OC)(OC)OC)O[Si](C)(C)O[Si](OC)(OC)OC. The molecule has 0 fully saturated rings. The molecular weight excluding hydrogens is 1480 g/mol. The topological polar surface area (TPSA) is 277 Å². The molecule has 0 radical (unpaired) electrons. The van der Waals surface area contributed by atoms with Crippen LogP contribution in [0.4, 0.5) is 0 Å². The fraction of sp³-hybridized carbons (Fsp3) is 1.00. The van der Waals surface area contributed by atoms with E-state index in [0.717, 1.165) is 44.2 Å². The van der Waals surface area contributed by atoms with Crippen LogP contribution in [0.1, 0.15) is 39.0 Å². The smallest absolute Gasteiger partial charge is 0.437 e. The van der Waals surface area contributed by atoms with E-state index >= 15 is 0 Å². The summed E-state index contributed by atoms with van der Waals surface area (Å²) in [5, 5.41) is 0. The normalized spacial score (nSPS) is 16.0. The molecule has 0 aromatic rings. The second-order valence-corrected chi connectivity index (χ2v) is 76.8. The summed E-state index contributed by atoms with van der Waals surface area (Å²) in [7, 11) is -24.7. The minimum atomic E-state index is -3.60. The lowest BCUT2D eigenvalue weighted by atomic mass is 10.2. The molecule has 0 spiro atoms. The molecule has 0 aromatic heterocycles. The zero-order chi connectivity index (χ0) is 71.6. The van der Waals surface area contributed by atoms with E-state index in [0.29, 0.717) is 23.7 Å². The van der Waals surface area contributed by atoms with Gasteiger partial charge in [-0.2, -0.15) is 0 Å². The summed E-state index contributed by atoms with van der Waals surface area (Å²) in [5.74, 6) is 0. The van der Waals surface area contributed by atoms with E-state index in [1.165, 1.54) is 128 Å². The van der Waals surface area contributed by atoms with Crippen LogP contribution in [-0.2, 0) is 129 Å². The fourth-order valence-corrected chi connectivity index (χ4v) is 73.1. The Morgan fingerprint density at radius 3 is 0.707 bits per heavy atom. The van der Waals surface area contributed by atoms with Crippen molar-refractivity contribution in [1.29, 1.82) is 0 Å². The van der Waals surface area contributed by atoms with E-state index in [-0.39, 0.29) is 6.23 Å². The van der Waals surface area contributed by atoms with E-state index in [1.807, 2.05) is 65.5 Å². The first kappa shape index (κ1) is 94.3. The van der Waals surface area contributed by atoms with E-state index in [9.17, 15) is 0 Å². The molecule has 0 aliphatic rings. The Kier molecular flexibility index (Phi) is 42.0. The zero-order valence-electron chi connectivity index (χ0n) is 62.7. The van der Waals surface area contributed by atoms with Crippen molar-refractivity contribution in [1.82, 2.24) is 0 Å². The molecular formula is C46H126O30Si16. The van der Waals surface area contributed by atoms with Crippen LogP contribution >= 0.6 is 0 Å². The first-order valence-electron chi connectivity index (χ1n) is 30.6. The highest BCUT2D eigenvalue weighted by Gasteiger charge is 2.59. The van der Waals surface area contributed by atoms with Crippen LogP contribution in [-0.4, -0.2) is 274 Å². The van der Waals surface area contributed by atoms with Gasteiger partial charge in [0.15, 0.2) is 9.04 Å². The quantitative estimate of drug-likeness (QED) is 0.0516. The lowest BCUT2D eigenvalue weighted by molar-refractivity contribution is 0.0149. The molecule has 0 aliphatic heterocycles. The van der Waals surface area contributed by atoms with Gasteiger partial charge in [0.05, 0.1) is 14.3 Å². The number of rotatable bonds is 57. The van der Waals surface area contributed by atoms with Crippen molar-refractivity contribution in [2.45, 2.75) is 173 Å². The fourth-order valence-electron chi connectivity index (χ4n) is 11.4. The molecule has 92 heavy (non-hydrogen) atoms. The van der Waals surface area contributed by atoms with Crippen LogP contribution in [0.2, 0.25) is 134 Å². The molecule has 30 nitrogen and oxygen atoms in total. The summed E-state index contributed by atoms with van der Waals surface area (Å²) in [6, 6.07) is 3.57. The minimum Gasteiger partial charge on any atom is -0.437 e. The first-order chi connectivity index (χ1) is 42.3. The van der Waals surface area contributed by atoms with Crippen LogP contribution < -0.4 is 0 Å². The molecule has 0 saturated heterocycles. The Morgan fingerprint density at radius 1 is 0.272 bits per heavy atom. The van der Waals surface area contributed by atoms with Gasteiger partial charge in [0, 0.05) is 128 Å². The molecule has 0 amide bonds. The molecule has 46 heteroatoms. The third-order valence-corrected chi connectivity index (χ3v) is 71.9. The van der Waals surface area contributed by atoms with Gasteiger partial charge in [0.2, 0.25) is 0 Å². The van der Waals surface area contributed by atoms with Gasteiger partial charge in [0.25, 0.3) is 0 Å². The summed E-state index contributed by atoms with van der Waals surface area (Å²) >= 11 is 0. The molecule has 0 heterocycles. The Morgan fingerprint density at radius 2 is 0.489 bits per heavy atom. The van der Waals surface area contributed by atoms with Crippen molar-refractivity contribution in [2.24, 2.45) is 0 Å². The van der Waals surface area contributed by atoms with Gasteiger partial charge in [-0.05, 0) is 115 Å². The Bertz CT molecular complexity index is 1810. The van der Waals surface area contributed by atoms with Crippen molar-refractivity contribution in [3.63, 3.8) is 0 Å². The molecule has 0 saturated carbocycles. The summed E-state index contributed by atoms with van der Waals surface area (Å²) in [5.41, 5.74) is 0.297. The molecule has 554 valence electrons. The largest absolute Gasteiger partial charge is 0.678 e. The number of hydrogen-bond acceptors (Lipinski definition) is 30. The van der Waals surface area contributed by atoms with Crippen molar-refractivity contribution in [2.75, 3.05) is 134 Å². The van der Waals surface area contributed by atoms with Gasteiger partial charge >= 0.3 is 123 Å². The number of hydrogen-bond donors (Lipinski definition) is 0. The summed E-state index contributed by atoms with van der Waals surface area (Å²) in [6.45, 7) is 32.5. The van der Waals surface area contributed by atoms with Gasteiger partial charge in [0.1, 0.15) is 0 Å². The minimum absolute atomic E-state index is 0.246. The van der Waals surface area contributed by atoms with Gasteiger partial charge < -0.3 is 129 Å². The second kappa shape index (κ2) is 40.9. The third-order valence-electron chi connectivity index (χ3n) is 15.0. The van der Waals surface area contributed by atoms with Crippen LogP contribution in [0.25, 0.3) is 0 Å². The molecule has 0 rings (SSSR count). The molecule has 3 unspecified atom stereocenters. The highest BCUT2D eigenvalue weighted by atomic mass is 28.5. The van der Waals surface area contributed by atoms with Gasteiger partial charge in [-0.25, -0.2) is 0 Å². The predicted molar refractivity (Wildman–Crippen MR) is 382 cm³/mol. The van der Waals surface area contributed by atoms with E-state index in [1.54, 1.807) is 0 Å². The molecule has 0 N–H and O–H groups in total. The monoisotopic (exact) mass is 1610 g/mol. The maximum Gasteiger partial charge on any atom is 0.678 e. The highest BCUT2D eigenvalue weighted by Crippen LogP contribution is 2.43. The Hall–Kier alpha value is 2.27. The first-order valence-corrected chi connectivity index (χ1v) is 67.5.